The minimum Gasteiger partial charge on any atom is -0.494 e. The maximum Gasteiger partial charge on any atom is 0.287 e. The van der Waals surface area contributed by atoms with Crippen LogP contribution in [-0.4, -0.2) is 21.1 Å². The Balaban J connectivity index is 1.76. The van der Waals surface area contributed by atoms with Crippen molar-refractivity contribution in [2.45, 2.75) is 17.7 Å². The Hall–Kier alpha value is -3.13. The highest BCUT2D eigenvalue weighted by Gasteiger charge is 2.09. The second-order valence-corrected chi connectivity index (χ2v) is 6.51. The van der Waals surface area contributed by atoms with E-state index in [-0.39, 0.29) is 11.2 Å². The molecule has 0 N–H and O–H groups in total. The molecule has 3 aromatic rings. The molecule has 0 spiro atoms. The van der Waals surface area contributed by atoms with Crippen molar-refractivity contribution in [2.75, 3.05) is 6.61 Å². The molecule has 3 rings (SSSR count). The van der Waals surface area contributed by atoms with Gasteiger partial charge in [-0.15, -0.1) is 0 Å². The fourth-order valence-corrected chi connectivity index (χ4v) is 3.28. The van der Waals surface area contributed by atoms with Crippen molar-refractivity contribution in [3.05, 3.63) is 87.0 Å². The number of hydrogen-bond acceptors (Lipinski definition) is 6. The van der Waals surface area contributed by atoms with Crippen LogP contribution in [0.3, 0.4) is 0 Å². The Morgan fingerprint density at radius 1 is 1.15 bits per heavy atom. The number of aromatic nitrogens is 2. The van der Waals surface area contributed by atoms with E-state index in [4.69, 9.17) is 4.74 Å². The van der Waals surface area contributed by atoms with Crippen LogP contribution in [0.25, 0.3) is 5.69 Å². The highest BCUT2D eigenvalue weighted by Crippen LogP contribution is 2.21. The lowest BCUT2D eigenvalue weighted by Gasteiger charge is -2.09. The van der Waals surface area contributed by atoms with Gasteiger partial charge in [-0.2, -0.15) is 0 Å². The molecule has 0 aliphatic rings. The number of thioether (sulfide) groups is 1. The van der Waals surface area contributed by atoms with Crippen LogP contribution >= 0.6 is 11.8 Å². The molecule has 0 atom stereocenters. The SMILES string of the molecule is CCOc1ccc(-n2ccnc(SCc3ccc([N+](=O)[O-])cc3)c2=O)cc1. The van der Waals surface area contributed by atoms with Crippen molar-refractivity contribution >= 4 is 17.4 Å². The molecule has 8 heteroatoms. The molecule has 138 valence electrons. The molecule has 27 heavy (non-hydrogen) atoms. The lowest BCUT2D eigenvalue weighted by Crippen LogP contribution is -2.20. The molecular weight excluding hydrogens is 366 g/mol. The molecular formula is C19H17N3O4S. The van der Waals surface area contributed by atoms with Crippen molar-refractivity contribution in [3.8, 4) is 11.4 Å². The number of hydrogen-bond donors (Lipinski definition) is 0. The van der Waals surface area contributed by atoms with Crippen molar-refractivity contribution in [2.24, 2.45) is 0 Å². The van der Waals surface area contributed by atoms with Crippen LogP contribution in [0.4, 0.5) is 5.69 Å². The van der Waals surface area contributed by atoms with Crippen molar-refractivity contribution in [1.29, 1.82) is 0 Å². The summed E-state index contributed by atoms with van der Waals surface area (Å²) in [6.45, 7) is 2.49. The normalized spacial score (nSPS) is 10.6. The minimum atomic E-state index is -0.439. The monoisotopic (exact) mass is 383 g/mol. The van der Waals surface area contributed by atoms with Crippen LogP contribution in [0.2, 0.25) is 0 Å². The van der Waals surface area contributed by atoms with Gasteiger partial charge in [0.25, 0.3) is 11.2 Å². The van der Waals surface area contributed by atoms with Gasteiger partial charge in [-0.05, 0) is 36.8 Å². The zero-order chi connectivity index (χ0) is 19.2. The molecule has 0 saturated heterocycles. The summed E-state index contributed by atoms with van der Waals surface area (Å²) < 4.78 is 6.94. The summed E-state index contributed by atoms with van der Waals surface area (Å²) in [6, 6.07) is 13.5. The van der Waals surface area contributed by atoms with Gasteiger partial charge in [0.2, 0.25) is 0 Å². The molecule has 0 unspecified atom stereocenters. The number of nitrogens with zero attached hydrogens (tertiary/aromatic N) is 3. The number of non-ortho nitro benzene ring substituents is 1. The molecule has 0 amide bonds. The summed E-state index contributed by atoms with van der Waals surface area (Å²) in [5, 5.41) is 11.1. The largest absolute Gasteiger partial charge is 0.494 e. The molecule has 1 aromatic heterocycles. The molecule has 0 aliphatic carbocycles. The lowest BCUT2D eigenvalue weighted by atomic mass is 10.2. The third kappa shape index (κ3) is 4.53. The molecule has 0 fully saturated rings. The minimum absolute atomic E-state index is 0.0411. The van der Waals surface area contributed by atoms with Crippen LogP contribution < -0.4 is 10.3 Å². The van der Waals surface area contributed by atoms with Crippen molar-refractivity contribution in [3.63, 3.8) is 0 Å². The van der Waals surface area contributed by atoms with E-state index in [0.29, 0.717) is 17.4 Å². The summed E-state index contributed by atoms with van der Waals surface area (Å²) in [5.74, 6) is 1.24. The first-order chi connectivity index (χ1) is 13.1. The summed E-state index contributed by atoms with van der Waals surface area (Å²) in [7, 11) is 0. The third-order valence-electron chi connectivity index (χ3n) is 3.76. The molecule has 2 aromatic carbocycles. The number of nitro groups is 1. The fraction of sp³-hybridized carbons (Fsp3) is 0.158. The average Bonchev–Trinajstić information content (AvgIpc) is 2.68. The standard InChI is InChI=1S/C19H17N3O4S/c1-2-26-17-9-7-15(8-10-17)21-12-11-20-18(19(21)23)27-13-14-3-5-16(6-4-14)22(24)25/h3-12H,2,13H2,1H3. The van der Waals surface area contributed by atoms with Gasteiger partial charge >= 0.3 is 0 Å². The van der Waals surface area contributed by atoms with Gasteiger partial charge in [0.15, 0.2) is 5.03 Å². The topological polar surface area (TPSA) is 87.3 Å². The first-order valence-corrected chi connectivity index (χ1v) is 9.24. The molecule has 7 nitrogen and oxygen atoms in total. The van der Waals surface area contributed by atoms with Crippen molar-refractivity contribution in [1.82, 2.24) is 9.55 Å². The summed E-state index contributed by atoms with van der Waals surface area (Å²) in [6.07, 6.45) is 3.20. The van der Waals surface area contributed by atoms with E-state index in [1.807, 2.05) is 31.2 Å². The smallest absolute Gasteiger partial charge is 0.287 e. The first-order valence-electron chi connectivity index (χ1n) is 8.25. The molecule has 0 aliphatic heterocycles. The Kier molecular flexibility index (Phi) is 5.87. The summed E-state index contributed by atoms with van der Waals surface area (Å²) in [4.78, 5) is 27.1. The van der Waals surface area contributed by atoms with Gasteiger partial charge in [-0.25, -0.2) is 4.98 Å². The van der Waals surface area contributed by atoms with E-state index >= 15 is 0 Å². The quantitative estimate of drug-likeness (QED) is 0.350. The predicted octanol–water partition coefficient (Wildman–Crippen LogP) is 3.83. The second-order valence-electron chi connectivity index (χ2n) is 5.55. The Morgan fingerprint density at radius 2 is 1.85 bits per heavy atom. The highest BCUT2D eigenvalue weighted by atomic mass is 32.2. The van der Waals surface area contributed by atoms with Crippen molar-refractivity contribution < 1.29 is 9.66 Å². The molecule has 0 bridgehead atoms. The van der Waals surface area contributed by atoms with E-state index < -0.39 is 4.92 Å². The van der Waals surface area contributed by atoms with E-state index in [1.54, 1.807) is 24.5 Å². The lowest BCUT2D eigenvalue weighted by molar-refractivity contribution is -0.384. The highest BCUT2D eigenvalue weighted by molar-refractivity contribution is 7.98. The molecule has 0 radical (unpaired) electrons. The maximum absolute atomic E-state index is 12.7. The third-order valence-corrected chi connectivity index (χ3v) is 4.79. The van der Waals surface area contributed by atoms with E-state index in [2.05, 4.69) is 4.98 Å². The zero-order valence-electron chi connectivity index (χ0n) is 14.6. The Morgan fingerprint density at radius 3 is 2.48 bits per heavy atom. The Bertz CT molecular complexity index is 985. The van der Waals surface area contributed by atoms with Gasteiger partial charge in [0, 0.05) is 36.0 Å². The van der Waals surface area contributed by atoms with Gasteiger partial charge < -0.3 is 4.74 Å². The van der Waals surface area contributed by atoms with Crippen LogP contribution in [0.15, 0.2) is 70.7 Å². The van der Waals surface area contributed by atoms with Crippen LogP contribution in [0, 0.1) is 10.1 Å². The average molecular weight is 383 g/mol. The predicted molar refractivity (Wildman–Crippen MR) is 104 cm³/mol. The summed E-state index contributed by atoms with van der Waals surface area (Å²) in [5.41, 5.74) is 1.43. The van der Waals surface area contributed by atoms with E-state index in [9.17, 15) is 14.9 Å². The summed E-state index contributed by atoms with van der Waals surface area (Å²) >= 11 is 1.30. The maximum atomic E-state index is 12.7. The molecule has 0 saturated carbocycles. The van der Waals surface area contributed by atoms with Gasteiger partial charge in [-0.1, -0.05) is 23.9 Å². The first kappa shape index (κ1) is 18.7. The van der Waals surface area contributed by atoms with Crippen LogP contribution in [-0.2, 0) is 5.75 Å². The number of benzene rings is 2. The number of ether oxygens (including phenoxy) is 1. The fourth-order valence-electron chi connectivity index (χ4n) is 2.43. The van der Waals surface area contributed by atoms with Gasteiger partial charge in [0.05, 0.1) is 11.5 Å². The zero-order valence-corrected chi connectivity index (χ0v) is 15.4. The van der Waals surface area contributed by atoms with Crippen LogP contribution in [0.5, 0.6) is 5.75 Å². The van der Waals surface area contributed by atoms with Crippen LogP contribution in [0.1, 0.15) is 12.5 Å². The number of nitro benzene ring substituents is 1. The second kappa shape index (κ2) is 8.50. The Labute approximate surface area is 159 Å². The molecule has 1 heterocycles. The van der Waals surface area contributed by atoms with Gasteiger partial charge in [0.1, 0.15) is 5.75 Å². The van der Waals surface area contributed by atoms with Gasteiger partial charge in [-0.3, -0.25) is 19.5 Å². The van der Waals surface area contributed by atoms with E-state index in [1.165, 1.54) is 28.5 Å². The van der Waals surface area contributed by atoms with E-state index in [0.717, 1.165) is 17.0 Å². The number of rotatable bonds is 7.